The maximum atomic E-state index is 5.89. The zero-order valence-electron chi connectivity index (χ0n) is 14.8. The highest BCUT2D eigenvalue weighted by Crippen LogP contribution is 2.28. The van der Waals surface area contributed by atoms with E-state index in [0.29, 0.717) is 19.8 Å². The van der Waals surface area contributed by atoms with Gasteiger partial charge in [0.05, 0.1) is 5.71 Å². The third kappa shape index (κ3) is 7.19. The van der Waals surface area contributed by atoms with Gasteiger partial charge < -0.3 is 19.6 Å². The van der Waals surface area contributed by atoms with Crippen molar-refractivity contribution in [3.8, 4) is 11.5 Å². The Bertz CT molecular complexity index is 516. The molecule has 0 spiro atoms. The molecule has 0 aromatic heterocycles. The Morgan fingerprint density at radius 3 is 2.52 bits per heavy atom. The van der Waals surface area contributed by atoms with Crippen molar-refractivity contribution in [2.75, 3.05) is 33.4 Å². The van der Waals surface area contributed by atoms with E-state index in [9.17, 15) is 0 Å². The van der Waals surface area contributed by atoms with Crippen LogP contribution in [-0.4, -0.2) is 39.1 Å². The topological polar surface area (TPSA) is 52.1 Å². The molecule has 1 aromatic rings. The van der Waals surface area contributed by atoms with Crippen LogP contribution in [0.25, 0.3) is 0 Å². The van der Waals surface area contributed by atoms with E-state index in [0.717, 1.165) is 34.9 Å². The van der Waals surface area contributed by atoms with E-state index in [1.807, 2.05) is 52.0 Å². The average Bonchev–Trinajstić information content (AvgIpc) is 2.50. The van der Waals surface area contributed by atoms with Crippen molar-refractivity contribution >= 4 is 5.71 Å². The maximum Gasteiger partial charge on any atom is 0.125 e. The summed E-state index contributed by atoms with van der Waals surface area (Å²) in [5.74, 6) is 1.79. The summed E-state index contributed by atoms with van der Waals surface area (Å²) < 4.78 is 11.6. The molecule has 0 atom stereocenters. The second kappa shape index (κ2) is 10.7. The highest BCUT2D eigenvalue weighted by Gasteiger charge is 2.07. The molecule has 0 bridgehead atoms. The first kappa shape index (κ1) is 19.0. The molecule has 23 heavy (non-hydrogen) atoms. The molecule has 0 saturated carbocycles. The number of hydrogen-bond acceptors (Lipinski definition) is 5. The van der Waals surface area contributed by atoms with Crippen LogP contribution >= 0.6 is 0 Å². The summed E-state index contributed by atoms with van der Waals surface area (Å²) in [6, 6.07) is 4.02. The molecule has 0 heterocycles. The number of nitrogens with zero attached hydrogens (tertiary/aromatic N) is 1. The lowest BCUT2D eigenvalue weighted by molar-refractivity contribution is 0.212. The van der Waals surface area contributed by atoms with Crippen molar-refractivity contribution in [2.24, 2.45) is 5.16 Å². The van der Waals surface area contributed by atoms with Crippen LogP contribution in [0.1, 0.15) is 25.0 Å². The Balaban J connectivity index is 2.46. The van der Waals surface area contributed by atoms with E-state index in [1.165, 1.54) is 0 Å². The van der Waals surface area contributed by atoms with Crippen LogP contribution < -0.4 is 14.8 Å². The minimum Gasteiger partial charge on any atom is -0.492 e. The summed E-state index contributed by atoms with van der Waals surface area (Å²) in [6.07, 6.45) is 3.96. The van der Waals surface area contributed by atoms with Gasteiger partial charge in [-0.1, -0.05) is 17.3 Å². The zero-order valence-corrected chi connectivity index (χ0v) is 14.8. The lowest BCUT2D eigenvalue weighted by atomic mass is 10.1. The van der Waals surface area contributed by atoms with Gasteiger partial charge in [-0.2, -0.15) is 0 Å². The molecule has 128 valence electrons. The van der Waals surface area contributed by atoms with Crippen LogP contribution in [-0.2, 0) is 4.84 Å². The van der Waals surface area contributed by atoms with Crippen LogP contribution in [0.2, 0.25) is 0 Å². The maximum absolute atomic E-state index is 5.89. The summed E-state index contributed by atoms with van der Waals surface area (Å²) >= 11 is 0. The monoisotopic (exact) mass is 320 g/mol. The van der Waals surface area contributed by atoms with Gasteiger partial charge in [0.2, 0.25) is 0 Å². The molecule has 1 N–H and O–H groups in total. The van der Waals surface area contributed by atoms with Gasteiger partial charge in [-0.15, -0.1) is 0 Å². The van der Waals surface area contributed by atoms with Crippen molar-refractivity contribution in [3.05, 3.63) is 35.4 Å². The van der Waals surface area contributed by atoms with Crippen LogP contribution in [0, 0.1) is 13.8 Å². The molecule has 0 radical (unpaired) electrons. The third-order valence-corrected chi connectivity index (χ3v) is 3.17. The summed E-state index contributed by atoms with van der Waals surface area (Å²) in [4.78, 5) is 4.71. The Morgan fingerprint density at radius 1 is 1.22 bits per heavy atom. The van der Waals surface area contributed by atoms with Gasteiger partial charge in [0.25, 0.3) is 0 Å². The molecule has 5 heteroatoms. The molecule has 0 unspecified atom stereocenters. The smallest absolute Gasteiger partial charge is 0.125 e. The van der Waals surface area contributed by atoms with Crippen LogP contribution in [0.5, 0.6) is 11.5 Å². The molecule has 1 aromatic carbocycles. The fraction of sp³-hybridized carbons (Fsp3) is 0.500. The zero-order chi connectivity index (χ0) is 17.1. The first-order chi connectivity index (χ1) is 11.1. The summed E-state index contributed by atoms with van der Waals surface area (Å²) in [7, 11) is 1.55. The lowest BCUT2D eigenvalue weighted by Gasteiger charge is -2.14. The average molecular weight is 320 g/mol. The van der Waals surface area contributed by atoms with Gasteiger partial charge >= 0.3 is 0 Å². The van der Waals surface area contributed by atoms with E-state index < -0.39 is 0 Å². The van der Waals surface area contributed by atoms with Gasteiger partial charge in [0, 0.05) is 13.1 Å². The number of aryl methyl sites for hydroxylation is 2. The predicted molar refractivity (Wildman–Crippen MR) is 94.7 cm³/mol. The summed E-state index contributed by atoms with van der Waals surface area (Å²) in [5, 5.41) is 7.10. The number of nitrogens with one attached hydrogen (secondary N) is 1. The standard InChI is InChI=1S/C18H28N2O3/c1-6-7-9-22-17-11-14(2)18(15(3)12-17)23-10-8-19-13-16(4)20-21-5/h6-7,11-12,19H,8-10,13H2,1-5H3/b7-6+,20-16+. The van der Waals surface area contributed by atoms with Crippen molar-refractivity contribution in [1.29, 1.82) is 0 Å². The molecule has 0 aliphatic rings. The Hall–Kier alpha value is -2.01. The normalized spacial score (nSPS) is 11.8. The van der Waals surface area contributed by atoms with E-state index in [4.69, 9.17) is 14.3 Å². The third-order valence-electron chi connectivity index (χ3n) is 3.17. The number of benzene rings is 1. The first-order valence-electron chi connectivity index (χ1n) is 7.83. The molecular weight excluding hydrogens is 292 g/mol. The SMILES string of the molecule is C/C=C/COc1cc(C)c(OCCNC/C(C)=N/OC)c(C)c1. The molecule has 0 aliphatic heterocycles. The van der Waals surface area contributed by atoms with Gasteiger partial charge in [-0.3, -0.25) is 0 Å². The predicted octanol–water partition coefficient (Wildman–Crippen LogP) is 3.25. The van der Waals surface area contributed by atoms with Gasteiger partial charge in [0.1, 0.15) is 31.8 Å². The van der Waals surface area contributed by atoms with Crippen molar-refractivity contribution in [3.63, 3.8) is 0 Å². The Morgan fingerprint density at radius 2 is 1.91 bits per heavy atom. The van der Waals surface area contributed by atoms with Gasteiger partial charge in [-0.25, -0.2) is 0 Å². The first-order valence-corrected chi connectivity index (χ1v) is 7.83. The van der Waals surface area contributed by atoms with E-state index in [2.05, 4.69) is 10.5 Å². The van der Waals surface area contributed by atoms with E-state index in [1.54, 1.807) is 7.11 Å². The lowest BCUT2D eigenvalue weighted by Crippen LogP contribution is -2.26. The van der Waals surface area contributed by atoms with Crippen molar-refractivity contribution in [2.45, 2.75) is 27.7 Å². The quantitative estimate of drug-likeness (QED) is 0.311. The molecule has 0 amide bonds. The van der Waals surface area contributed by atoms with Gasteiger partial charge in [0.15, 0.2) is 0 Å². The van der Waals surface area contributed by atoms with Crippen molar-refractivity contribution < 1.29 is 14.3 Å². The molecule has 0 fully saturated rings. The Kier molecular flexibility index (Phi) is 8.83. The van der Waals surface area contributed by atoms with Crippen LogP contribution in [0.4, 0.5) is 0 Å². The highest BCUT2D eigenvalue weighted by molar-refractivity contribution is 5.83. The second-order valence-electron chi connectivity index (χ2n) is 5.30. The molecule has 0 saturated heterocycles. The van der Waals surface area contributed by atoms with Crippen LogP contribution in [0.3, 0.4) is 0 Å². The number of allylic oxidation sites excluding steroid dienone is 1. The number of rotatable bonds is 10. The highest BCUT2D eigenvalue weighted by atomic mass is 16.6. The largest absolute Gasteiger partial charge is 0.492 e. The second-order valence-corrected chi connectivity index (χ2v) is 5.30. The summed E-state index contributed by atoms with van der Waals surface area (Å²) in [6.45, 7) is 10.6. The number of hydrogen-bond donors (Lipinski definition) is 1. The Labute approximate surface area is 139 Å². The van der Waals surface area contributed by atoms with E-state index >= 15 is 0 Å². The number of ether oxygens (including phenoxy) is 2. The minimum absolute atomic E-state index is 0.585. The fourth-order valence-electron chi connectivity index (χ4n) is 2.14. The molecule has 5 nitrogen and oxygen atoms in total. The fourth-order valence-corrected chi connectivity index (χ4v) is 2.14. The van der Waals surface area contributed by atoms with Crippen LogP contribution in [0.15, 0.2) is 29.4 Å². The molecule has 1 rings (SSSR count). The van der Waals surface area contributed by atoms with Crippen molar-refractivity contribution in [1.82, 2.24) is 5.32 Å². The summed E-state index contributed by atoms with van der Waals surface area (Å²) in [5.41, 5.74) is 3.07. The van der Waals surface area contributed by atoms with E-state index in [-0.39, 0.29) is 0 Å². The molecular formula is C18H28N2O3. The van der Waals surface area contributed by atoms with Gasteiger partial charge in [-0.05, 0) is 51.0 Å². The number of oxime groups is 1. The minimum atomic E-state index is 0.585. The molecule has 0 aliphatic carbocycles.